The highest BCUT2D eigenvalue weighted by atomic mass is 32.1. The molecule has 1 heterocycles. The fourth-order valence-electron chi connectivity index (χ4n) is 3.05. The second-order valence-electron chi connectivity index (χ2n) is 7.27. The zero-order valence-corrected chi connectivity index (χ0v) is 17.3. The topological polar surface area (TPSA) is 34.4 Å². The van der Waals surface area contributed by atoms with Crippen LogP contribution in [0.5, 0.6) is 0 Å². The number of benzene rings is 2. The number of amides is 1. The van der Waals surface area contributed by atoms with Crippen molar-refractivity contribution >= 4 is 27.5 Å². The number of aryl methyl sites for hydroxylation is 2. The van der Waals surface area contributed by atoms with Crippen molar-refractivity contribution in [1.29, 1.82) is 0 Å². The summed E-state index contributed by atoms with van der Waals surface area (Å²) in [4.78, 5) is 17.7. The molecule has 0 aliphatic heterocycles. The molecule has 3 nitrogen and oxygen atoms in total. The van der Waals surface area contributed by atoms with E-state index in [1.54, 1.807) is 11.3 Å². The van der Waals surface area contributed by atoms with E-state index < -0.39 is 0 Å². The number of nitrogens with zero attached hydrogens (tertiary/aromatic N) is 2. The number of hydrogen-bond acceptors (Lipinski definition) is 2. The zero-order chi connectivity index (χ0) is 19.6. The minimum Gasteiger partial charge on any atom is -0.312 e. The van der Waals surface area contributed by atoms with Crippen molar-refractivity contribution in [3.8, 4) is 0 Å². The predicted molar refractivity (Wildman–Crippen MR) is 114 cm³/mol. The summed E-state index contributed by atoms with van der Waals surface area (Å²) >= 11 is 1.56. The first-order chi connectivity index (χ1) is 12.9. The summed E-state index contributed by atoms with van der Waals surface area (Å²) in [5.41, 5.74) is 5.87. The third-order valence-electron chi connectivity index (χ3n) is 4.83. The van der Waals surface area contributed by atoms with Crippen LogP contribution in [0.4, 0.5) is 0 Å². The highest BCUT2D eigenvalue weighted by molar-refractivity contribution is 7.16. The summed E-state index contributed by atoms with van der Waals surface area (Å²) < 4.78 is 3.21. The Bertz CT molecular complexity index is 1050. The van der Waals surface area contributed by atoms with Gasteiger partial charge in [-0.3, -0.25) is 4.79 Å². The standard InChI is InChI=1S/C23H26N2OS/c1-6-11-25-20-12-16(4)17(5)13-21(20)27-23(25)24-22(26)14-18-7-9-19(10-8-18)15(2)3/h6-10,12-13,15H,1,11,14H2,2-5H3. The van der Waals surface area contributed by atoms with Gasteiger partial charge in [0.05, 0.1) is 16.6 Å². The average molecular weight is 379 g/mol. The van der Waals surface area contributed by atoms with E-state index in [2.05, 4.69) is 68.1 Å². The van der Waals surface area contributed by atoms with Crippen molar-refractivity contribution in [3.63, 3.8) is 0 Å². The molecule has 0 bridgehead atoms. The molecular weight excluding hydrogens is 352 g/mol. The van der Waals surface area contributed by atoms with Gasteiger partial charge in [0.25, 0.3) is 5.91 Å². The molecule has 0 unspecified atom stereocenters. The van der Waals surface area contributed by atoms with Crippen LogP contribution >= 0.6 is 11.3 Å². The number of carbonyl (C=O) groups is 1. The minimum atomic E-state index is -0.120. The average Bonchev–Trinajstić information content (AvgIpc) is 2.92. The Morgan fingerprint density at radius 1 is 1.19 bits per heavy atom. The summed E-state index contributed by atoms with van der Waals surface area (Å²) in [5, 5.41) is 0. The molecule has 0 saturated heterocycles. The van der Waals surface area contributed by atoms with Gasteiger partial charge < -0.3 is 4.57 Å². The van der Waals surface area contributed by atoms with Crippen LogP contribution in [0.15, 0.2) is 54.0 Å². The van der Waals surface area contributed by atoms with Crippen molar-refractivity contribution in [1.82, 2.24) is 4.57 Å². The van der Waals surface area contributed by atoms with Crippen LogP contribution in [0.25, 0.3) is 10.2 Å². The Morgan fingerprint density at radius 2 is 1.85 bits per heavy atom. The second-order valence-corrected chi connectivity index (χ2v) is 8.28. The Labute approximate surface area is 164 Å². The van der Waals surface area contributed by atoms with Gasteiger partial charge >= 0.3 is 0 Å². The van der Waals surface area contributed by atoms with Gasteiger partial charge in [-0.15, -0.1) is 6.58 Å². The van der Waals surface area contributed by atoms with Crippen LogP contribution in [-0.2, 0) is 17.8 Å². The molecule has 1 amide bonds. The third kappa shape index (κ3) is 4.28. The van der Waals surface area contributed by atoms with E-state index in [1.165, 1.54) is 16.7 Å². The summed E-state index contributed by atoms with van der Waals surface area (Å²) in [6.45, 7) is 13.0. The molecule has 0 N–H and O–H groups in total. The fraction of sp³-hybridized carbons (Fsp3) is 0.304. The molecule has 27 heavy (non-hydrogen) atoms. The van der Waals surface area contributed by atoms with Crippen molar-refractivity contribution in [2.45, 2.75) is 46.6 Å². The van der Waals surface area contributed by atoms with E-state index in [0.717, 1.165) is 20.6 Å². The van der Waals surface area contributed by atoms with Gasteiger partial charge in [-0.25, -0.2) is 0 Å². The number of carbonyl (C=O) groups excluding carboxylic acids is 1. The molecular formula is C23H26N2OS. The van der Waals surface area contributed by atoms with Gasteiger partial charge in [0.1, 0.15) is 0 Å². The van der Waals surface area contributed by atoms with Gasteiger partial charge in [-0.05, 0) is 54.2 Å². The number of allylic oxidation sites excluding steroid dienone is 1. The molecule has 0 aliphatic rings. The Balaban J connectivity index is 1.95. The maximum atomic E-state index is 12.6. The SMILES string of the molecule is C=CCn1c(=NC(=O)Cc2ccc(C(C)C)cc2)sc2cc(C)c(C)cc21. The maximum Gasteiger partial charge on any atom is 0.252 e. The molecule has 0 spiro atoms. The number of thiazole rings is 1. The normalized spacial score (nSPS) is 12.1. The molecule has 140 valence electrons. The first kappa shape index (κ1) is 19.3. The number of fused-ring (bicyclic) bond motifs is 1. The van der Waals surface area contributed by atoms with Gasteiger partial charge in [0.2, 0.25) is 0 Å². The van der Waals surface area contributed by atoms with E-state index in [1.807, 2.05) is 18.2 Å². The minimum absolute atomic E-state index is 0.120. The Morgan fingerprint density at radius 3 is 2.48 bits per heavy atom. The molecule has 2 aromatic carbocycles. The molecule has 3 rings (SSSR count). The summed E-state index contributed by atoms with van der Waals surface area (Å²) in [7, 11) is 0. The zero-order valence-electron chi connectivity index (χ0n) is 16.5. The monoisotopic (exact) mass is 378 g/mol. The quantitative estimate of drug-likeness (QED) is 0.555. The lowest BCUT2D eigenvalue weighted by Crippen LogP contribution is -2.17. The molecule has 0 fully saturated rings. The maximum absolute atomic E-state index is 12.6. The molecule has 4 heteroatoms. The van der Waals surface area contributed by atoms with Crippen LogP contribution in [-0.4, -0.2) is 10.5 Å². The van der Waals surface area contributed by atoms with Crippen LogP contribution in [0, 0.1) is 13.8 Å². The van der Waals surface area contributed by atoms with Crippen LogP contribution < -0.4 is 4.80 Å². The van der Waals surface area contributed by atoms with Crippen LogP contribution in [0.3, 0.4) is 0 Å². The van der Waals surface area contributed by atoms with E-state index in [0.29, 0.717) is 18.9 Å². The van der Waals surface area contributed by atoms with E-state index in [-0.39, 0.29) is 5.91 Å². The first-order valence-corrected chi connectivity index (χ1v) is 10.1. The molecule has 0 saturated carbocycles. The first-order valence-electron chi connectivity index (χ1n) is 9.27. The smallest absolute Gasteiger partial charge is 0.252 e. The summed E-state index contributed by atoms with van der Waals surface area (Å²) in [6.07, 6.45) is 2.16. The van der Waals surface area contributed by atoms with Crippen molar-refractivity contribution < 1.29 is 4.79 Å². The molecule has 0 aliphatic carbocycles. The van der Waals surface area contributed by atoms with Crippen LogP contribution in [0.1, 0.15) is 42.0 Å². The van der Waals surface area contributed by atoms with Gasteiger partial charge in [0, 0.05) is 6.54 Å². The fourth-order valence-corrected chi connectivity index (χ4v) is 4.19. The number of rotatable bonds is 5. The van der Waals surface area contributed by atoms with Gasteiger partial charge in [-0.1, -0.05) is 55.5 Å². The lowest BCUT2D eigenvalue weighted by atomic mass is 10.0. The lowest BCUT2D eigenvalue weighted by Gasteiger charge is -2.06. The van der Waals surface area contributed by atoms with E-state index in [4.69, 9.17) is 0 Å². The number of aromatic nitrogens is 1. The molecule has 3 aromatic rings. The molecule has 1 aromatic heterocycles. The largest absolute Gasteiger partial charge is 0.312 e. The second kappa shape index (κ2) is 8.05. The summed E-state index contributed by atoms with van der Waals surface area (Å²) in [5.74, 6) is 0.368. The highest BCUT2D eigenvalue weighted by Crippen LogP contribution is 2.22. The van der Waals surface area contributed by atoms with E-state index in [9.17, 15) is 4.79 Å². The predicted octanol–water partition coefficient (Wildman–Crippen LogP) is 5.30. The van der Waals surface area contributed by atoms with Crippen molar-refractivity contribution in [2.24, 2.45) is 4.99 Å². The summed E-state index contributed by atoms with van der Waals surface area (Å²) in [6, 6.07) is 12.6. The Hall–Kier alpha value is -2.46. The van der Waals surface area contributed by atoms with Crippen LogP contribution in [0.2, 0.25) is 0 Å². The van der Waals surface area contributed by atoms with Crippen molar-refractivity contribution in [2.75, 3.05) is 0 Å². The lowest BCUT2D eigenvalue weighted by molar-refractivity contribution is -0.117. The van der Waals surface area contributed by atoms with E-state index >= 15 is 0 Å². The highest BCUT2D eigenvalue weighted by Gasteiger charge is 2.10. The van der Waals surface area contributed by atoms with Gasteiger partial charge in [0.15, 0.2) is 4.80 Å². The van der Waals surface area contributed by atoms with Gasteiger partial charge in [-0.2, -0.15) is 4.99 Å². The van der Waals surface area contributed by atoms with Crippen molar-refractivity contribution in [3.05, 3.63) is 76.1 Å². The Kier molecular flexibility index (Phi) is 5.76. The molecule has 0 radical (unpaired) electrons. The third-order valence-corrected chi connectivity index (χ3v) is 5.87. The number of hydrogen-bond donors (Lipinski definition) is 0. The molecule has 0 atom stereocenters.